The van der Waals surface area contributed by atoms with E-state index in [1.807, 2.05) is 19.2 Å². The second kappa shape index (κ2) is 10.1. The summed E-state index contributed by atoms with van der Waals surface area (Å²) in [6.45, 7) is 4.56. The largest absolute Gasteiger partial charge is 0.462 e. The zero-order valence-electron chi connectivity index (χ0n) is 17.1. The Hall–Kier alpha value is -3.10. The van der Waals surface area contributed by atoms with Crippen LogP contribution in [0.3, 0.4) is 0 Å². The Morgan fingerprint density at radius 2 is 1.93 bits per heavy atom. The van der Waals surface area contributed by atoms with Gasteiger partial charge in [-0.05, 0) is 29.4 Å². The molecule has 0 saturated carbocycles. The van der Waals surface area contributed by atoms with Crippen molar-refractivity contribution in [1.29, 1.82) is 0 Å². The van der Waals surface area contributed by atoms with Gasteiger partial charge in [0.15, 0.2) is 5.82 Å². The summed E-state index contributed by atoms with van der Waals surface area (Å²) in [5.74, 6) is 1.09. The summed E-state index contributed by atoms with van der Waals surface area (Å²) in [4.78, 5) is 20.1. The van der Waals surface area contributed by atoms with E-state index in [1.54, 1.807) is 6.21 Å². The molecule has 1 saturated heterocycles. The van der Waals surface area contributed by atoms with Crippen molar-refractivity contribution >= 4 is 22.9 Å². The highest BCUT2D eigenvalue weighted by Crippen LogP contribution is 2.17. The van der Waals surface area contributed by atoms with E-state index >= 15 is 0 Å². The van der Waals surface area contributed by atoms with Crippen LogP contribution in [-0.2, 0) is 11.3 Å². The minimum Gasteiger partial charge on any atom is -0.462 e. The van der Waals surface area contributed by atoms with Gasteiger partial charge in [0, 0.05) is 19.6 Å². The number of ether oxygens (including phenoxy) is 2. The first-order chi connectivity index (χ1) is 14.8. The summed E-state index contributed by atoms with van der Waals surface area (Å²) < 4.78 is 11.1. The number of nitrogens with zero attached hydrogens (tertiary/aromatic N) is 5. The lowest BCUT2D eigenvalue weighted by Crippen LogP contribution is -2.37. The van der Waals surface area contributed by atoms with Crippen molar-refractivity contribution in [3.63, 3.8) is 0 Å². The van der Waals surface area contributed by atoms with E-state index in [0.717, 1.165) is 18.7 Å². The van der Waals surface area contributed by atoms with E-state index in [0.29, 0.717) is 50.7 Å². The van der Waals surface area contributed by atoms with Gasteiger partial charge >= 0.3 is 6.01 Å². The fourth-order valence-corrected chi connectivity index (χ4v) is 3.20. The van der Waals surface area contributed by atoms with Crippen LogP contribution in [0.15, 0.2) is 47.5 Å². The van der Waals surface area contributed by atoms with Crippen molar-refractivity contribution in [3.05, 3.63) is 53.9 Å². The van der Waals surface area contributed by atoms with Gasteiger partial charge in [-0.1, -0.05) is 36.4 Å². The minimum absolute atomic E-state index is 0.314. The molecule has 1 fully saturated rings. The zero-order chi connectivity index (χ0) is 20.6. The van der Waals surface area contributed by atoms with E-state index in [-0.39, 0.29) is 0 Å². The first-order valence-corrected chi connectivity index (χ1v) is 10.2. The van der Waals surface area contributed by atoms with Gasteiger partial charge in [0.25, 0.3) is 0 Å². The molecule has 1 aliphatic heterocycles. The molecule has 0 bridgehead atoms. The maximum Gasteiger partial charge on any atom is 0.321 e. The van der Waals surface area contributed by atoms with Crippen LogP contribution in [-0.4, -0.2) is 67.7 Å². The van der Waals surface area contributed by atoms with Crippen molar-refractivity contribution in [2.24, 2.45) is 4.99 Å². The van der Waals surface area contributed by atoms with Gasteiger partial charge in [-0.3, -0.25) is 4.99 Å². The second-order valence-corrected chi connectivity index (χ2v) is 6.98. The lowest BCUT2D eigenvalue weighted by atomic mass is 10.1. The molecule has 2 aromatic carbocycles. The molecular weight excluding hydrogens is 380 g/mol. The topological polar surface area (TPSA) is 84.8 Å². The SMILES string of the molecule is CNCCOc1nc(C=NCc2ccc3ccccc3c2)nc(N2CCOCC2)n1. The molecule has 30 heavy (non-hydrogen) atoms. The highest BCUT2D eigenvalue weighted by atomic mass is 16.5. The van der Waals surface area contributed by atoms with Crippen LogP contribution in [0.25, 0.3) is 10.8 Å². The smallest absolute Gasteiger partial charge is 0.321 e. The van der Waals surface area contributed by atoms with E-state index in [1.165, 1.54) is 10.8 Å². The second-order valence-electron chi connectivity index (χ2n) is 6.98. The summed E-state index contributed by atoms with van der Waals surface area (Å²) in [5.41, 5.74) is 1.14. The molecule has 1 N–H and O–H groups in total. The van der Waals surface area contributed by atoms with Crippen molar-refractivity contribution in [2.45, 2.75) is 6.54 Å². The van der Waals surface area contributed by atoms with Crippen LogP contribution in [0, 0.1) is 0 Å². The van der Waals surface area contributed by atoms with Gasteiger partial charge in [-0.2, -0.15) is 15.0 Å². The first-order valence-electron chi connectivity index (χ1n) is 10.2. The molecule has 0 spiro atoms. The molecule has 0 atom stereocenters. The molecule has 2 heterocycles. The van der Waals surface area contributed by atoms with Crippen LogP contribution in [0.5, 0.6) is 6.01 Å². The third-order valence-electron chi connectivity index (χ3n) is 4.79. The fraction of sp³-hybridized carbons (Fsp3) is 0.364. The molecule has 1 aliphatic rings. The molecule has 8 nitrogen and oxygen atoms in total. The molecule has 0 radical (unpaired) electrons. The summed E-state index contributed by atoms with van der Waals surface area (Å²) >= 11 is 0. The van der Waals surface area contributed by atoms with E-state index < -0.39 is 0 Å². The fourth-order valence-electron chi connectivity index (χ4n) is 3.20. The Morgan fingerprint density at radius 3 is 2.77 bits per heavy atom. The number of likely N-dealkylation sites (N-methyl/N-ethyl adjacent to an activating group) is 1. The summed E-state index contributed by atoms with van der Waals surface area (Å²) in [6.07, 6.45) is 1.69. The van der Waals surface area contributed by atoms with Gasteiger partial charge in [-0.25, -0.2) is 0 Å². The lowest BCUT2D eigenvalue weighted by molar-refractivity contribution is 0.122. The van der Waals surface area contributed by atoms with Crippen molar-refractivity contribution < 1.29 is 9.47 Å². The number of aromatic nitrogens is 3. The number of aliphatic imine (C=N–C) groups is 1. The summed E-state index contributed by atoms with van der Waals surface area (Å²) in [7, 11) is 1.88. The molecule has 0 amide bonds. The zero-order valence-corrected chi connectivity index (χ0v) is 17.1. The molecule has 0 unspecified atom stereocenters. The highest BCUT2D eigenvalue weighted by Gasteiger charge is 2.16. The van der Waals surface area contributed by atoms with Crippen LogP contribution in [0.1, 0.15) is 11.4 Å². The molecule has 4 rings (SSSR count). The average Bonchev–Trinajstić information content (AvgIpc) is 2.80. The van der Waals surface area contributed by atoms with Crippen LogP contribution >= 0.6 is 0 Å². The van der Waals surface area contributed by atoms with Gasteiger partial charge in [0.1, 0.15) is 6.61 Å². The van der Waals surface area contributed by atoms with Crippen LogP contribution < -0.4 is 15.0 Å². The van der Waals surface area contributed by atoms with Crippen molar-refractivity contribution in [1.82, 2.24) is 20.3 Å². The van der Waals surface area contributed by atoms with Crippen molar-refractivity contribution in [3.8, 4) is 6.01 Å². The average molecular weight is 406 g/mol. The molecule has 3 aromatic rings. The third-order valence-corrected chi connectivity index (χ3v) is 4.79. The number of anilines is 1. The summed E-state index contributed by atoms with van der Waals surface area (Å²) in [6, 6.07) is 15.0. The predicted molar refractivity (Wildman–Crippen MR) is 118 cm³/mol. The molecule has 1 aromatic heterocycles. The van der Waals surface area contributed by atoms with E-state index in [2.05, 4.69) is 60.5 Å². The molecule has 0 aliphatic carbocycles. The standard InChI is InChI=1S/C22H26N6O2/c1-23-8-11-30-22-26-20(25-21(27-22)28-9-12-29-13-10-28)16-24-15-17-6-7-18-4-2-3-5-19(18)14-17/h2-7,14,16,23H,8-13,15H2,1H3. The maximum atomic E-state index is 5.69. The summed E-state index contributed by atoms with van der Waals surface area (Å²) in [5, 5.41) is 5.48. The van der Waals surface area contributed by atoms with Gasteiger partial charge in [0.05, 0.1) is 26.0 Å². The number of hydrogen-bond acceptors (Lipinski definition) is 8. The highest BCUT2D eigenvalue weighted by molar-refractivity contribution is 5.83. The Labute approximate surface area is 176 Å². The minimum atomic E-state index is 0.314. The Morgan fingerprint density at radius 1 is 1.10 bits per heavy atom. The number of fused-ring (bicyclic) bond motifs is 1. The number of hydrogen-bond donors (Lipinski definition) is 1. The Balaban J connectivity index is 1.50. The molecule has 8 heteroatoms. The number of morpholine rings is 1. The number of benzene rings is 2. The van der Waals surface area contributed by atoms with Gasteiger partial charge in [-0.15, -0.1) is 0 Å². The number of rotatable bonds is 8. The van der Waals surface area contributed by atoms with E-state index in [9.17, 15) is 0 Å². The lowest BCUT2D eigenvalue weighted by Gasteiger charge is -2.26. The first kappa shape index (κ1) is 20.2. The van der Waals surface area contributed by atoms with Gasteiger partial charge in [0.2, 0.25) is 5.95 Å². The van der Waals surface area contributed by atoms with Crippen LogP contribution in [0.2, 0.25) is 0 Å². The third kappa shape index (κ3) is 5.28. The number of nitrogens with one attached hydrogen (secondary N) is 1. The quantitative estimate of drug-likeness (QED) is 0.453. The molecular formula is C22H26N6O2. The Kier molecular flexibility index (Phi) is 6.79. The van der Waals surface area contributed by atoms with Crippen molar-refractivity contribution in [2.75, 3.05) is 51.4 Å². The normalized spacial score (nSPS) is 14.5. The predicted octanol–water partition coefficient (Wildman–Crippen LogP) is 2.08. The Bertz CT molecular complexity index is 1000. The van der Waals surface area contributed by atoms with Crippen LogP contribution in [0.4, 0.5) is 5.95 Å². The maximum absolute atomic E-state index is 5.69. The monoisotopic (exact) mass is 406 g/mol. The van der Waals surface area contributed by atoms with E-state index in [4.69, 9.17) is 9.47 Å². The van der Waals surface area contributed by atoms with Gasteiger partial charge < -0.3 is 19.7 Å². The molecule has 156 valence electrons.